The van der Waals surface area contributed by atoms with Crippen molar-refractivity contribution in [2.75, 3.05) is 52.4 Å². The first-order chi connectivity index (χ1) is 10.6. The molecule has 1 aromatic carbocycles. The average molecular weight is 311 g/mol. The van der Waals surface area contributed by atoms with E-state index in [9.17, 15) is 8.78 Å². The topological polar surface area (TPSA) is 9.72 Å². The molecule has 0 atom stereocenters. The van der Waals surface area contributed by atoms with Gasteiger partial charge >= 0.3 is 0 Å². The van der Waals surface area contributed by atoms with Gasteiger partial charge in [-0.15, -0.1) is 0 Å². The quantitative estimate of drug-likeness (QED) is 0.766. The maximum atomic E-state index is 13.2. The lowest BCUT2D eigenvalue weighted by molar-refractivity contribution is 0.115. The van der Waals surface area contributed by atoms with E-state index >= 15 is 0 Å². The van der Waals surface area contributed by atoms with Crippen LogP contribution in [0.4, 0.5) is 8.78 Å². The van der Waals surface area contributed by atoms with Crippen molar-refractivity contribution in [3.63, 3.8) is 0 Å². The first kappa shape index (κ1) is 17.3. The van der Waals surface area contributed by atoms with Gasteiger partial charge in [-0.25, -0.2) is 8.78 Å². The summed E-state index contributed by atoms with van der Waals surface area (Å²) in [7, 11) is 0. The molecule has 0 aliphatic carbocycles. The van der Waals surface area contributed by atoms with Crippen LogP contribution in [-0.4, -0.2) is 67.1 Å². The Kier molecular flexibility index (Phi) is 6.73. The van der Waals surface area contributed by atoms with Crippen LogP contribution in [0.25, 0.3) is 0 Å². The third-order valence-electron chi connectivity index (χ3n) is 4.42. The van der Waals surface area contributed by atoms with Gasteiger partial charge in [0.15, 0.2) is 0 Å². The van der Waals surface area contributed by atoms with E-state index in [4.69, 9.17) is 0 Å². The molecule has 1 aliphatic rings. The van der Waals surface area contributed by atoms with Gasteiger partial charge in [-0.2, -0.15) is 0 Å². The van der Waals surface area contributed by atoms with Crippen LogP contribution in [0.5, 0.6) is 0 Å². The van der Waals surface area contributed by atoms with Crippen LogP contribution in [0, 0.1) is 11.6 Å². The molecule has 1 aliphatic heterocycles. The summed E-state index contributed by atoms with van der Waals surface area (Å²) in [5.74, 6) is -0.985. The number of rotatable bonds is 7. The van der Waals surface area contributed by atoms with E-state index in [0.29, 0.717) is 12.1 Å². The molecule has 0 radical (unpaired) electrons. The Bertz CT molecular complexity index is 435. The van der Waals surface area contributed by atoms with Crippen molar-refractivity contribution >= 4 is 0 Å². The summed E-state index contributed by atoms with van der Waals surface area (Å²) in [4.78, 5) is 7.17. The van der Waals surface area contributed by atoms with Crippen molar-refractivity contribution in [1.29, 1.82) is 0 Å². The molecule has 2 rings (SSSR count). The molecule has 5 heteroatoms. The SMILES string of the molecule is CCN(CC)CCN1CCN(Cc2cc(F)cc(F)c2)CC1. The first-order valence-electron chi connectivity index (χ1n) is 8.22. The molecule has 3 nitrogen and oxygen atoms in total. The van der Waals surface area contributed by atoms with Gasteiger partial charge in [0.25, 0.3) is 0 Å². The Balaban J connectivity index is 1.75. The Morgan fingerprint density at radius 3 is 2.00 bits per heavy atom. The molecular formula is C17H27F2N3. The molecule has 124 valence electrons. The van der Waals surface area contributed by atoms with Crippen LogP contribution in [0.3, 0.4) is 0 Å². The smallest absolute Gasteiger partial charge is 0.126 e. The van der Waals surface area contributed by atoms with Crippen LogP contribution in [0.2, 0.25) is 0 Å². The van der Waals surface area contributed by atoms with Gasteiger partial charge in [-0.1, -0.05) is 13.8 Å². The van der Waals surface area contributed by atoms with Crippen LogP contribution in [0.15, 0.2) is 18.2 Å². The zero-order valence-corrected chi connectivity index (χ0v) is 13.7. The van der Waals surface area contributed by atoms with Crippen LogP contribution >= 0.6 is 0 Å². The highest BCUT2D eigenvalue weighted by Gasteiger charge is 2.17. The third-order valence-corrected chi connectivity index (χ3v) is 4.42. The van der Waals surface area contributed by atoms with E-state index in [-0.39, 0.29) is 0 Å². The molecule has 0 spiro atoms. The Morgan fingerprint density at radius 1 is 0.909 bits per heavy atom. The second-order valence-corrected chi connectivity index (χ2v) is 5.92. The second kappa shape index (κ2) is 8.56. The summed E-state index contributed by atoms with van der Waals surface area (Å²) in [5, 5.41) is 0. The highest BCUT2D eigenvalue weighted by molar-refractivity contribution is 5.17. The zero-order valence-electron chi connectivity index (χ0n) is 13.7. The third kappa shape index (κ3) is 5.30. The number of likely N-dealkylation sites (N-methyl/N-ethyl adjacent to an activating group) is 1. The van der Waals surface area contributed by atoms with E-state index in [1.807, 2.05) is 0 Å². The molecule has 1 heterocycles. The number of nitrogens with zero attached hydrogens (tertiary/aromatic N) is 3. The van der Waals surface area contributed by atoms with Gasteiger partial charge in [-0.05, 0) is 30.8 Å². The van der Waals surface area contributed by atoms with Gasteiger partial charge in [0.1, 0.15) is 11.6 Å². The summed E-state index contributed by atoms with van der Waals surface area (Å²) < 4.78 is 26.4. The minimum atomic E-state index is -0.493. The van der Waals surface area contributed by atoms with Gasteiger partial charge in [0.2, 0.25) is 0 Å². The molecule has 1 aromatic rings. The Labute approximate surface area is 132 Å². The molecular weight excluding hydrogens is 284 g/mol. The second-order valence-electron chi connectivity index (χ2n) is 5.92. The highest BCUT2D eigenvalue weighted by Crippen LogP contribution is 2.12. The van der Waals surface area contributed by atoms with Gasteiger partial charge in [0.05, 0.1) is 0 Å². The van der Waals surface area contributed by atoms with Crippen LogP contribution in [-0.2, 0) is 6.54 Å². The summed E-state index contributed by atoms with van der Waals surface area (Å²) in [5.41, 5.74) is 0.717. The van der Waals surface area contributed by atoms with Crippen molar-refractivity contribution in [2.24, 2.45) is 0 Å². The van der Waals surface area contributed by atoms with Crippen molar-refractivity contribution < 1.29 is 8.78 Å². The Morgan fingerprint density at radius 2 is 1.45 bits per heavy atom. The number of hydrogen-bond donors (Lipinski definition) is 0. The monoisotopic (exact) mass is 311 g/mol. The van der Waals surface area contributed by atoms with Crippen molar-refractivity contribution in [3.05, 3.63) is 35.4 Å². The molecule has 1 fully saturated rings. The first-order valence-corrected chi connectivity index (χ1v) is 8.22. The molecule has 22 heavy (non-hydrogen) atoms. The summed E-state index contributed by atoms with van der Waals surface area (Å²) in [6.45, 7) is 13.4. The van der Waals surface area contributed by atoms with E-state index in [0.717, 1.165) is 58.4 Å². The average Bonchev–Trinajstić information content (AvgIpc) is 2.49. The van der Waals surface area contributed by atoms with Crippen LogP contribution < -0.4 is 0 Å². The number of piperazine rings is 1. The minimum Gasteiger partial charge on any atom is -0.303 e. The van der Waals surface area contributed by atoms with E-state index < -0.39 is 11.6 Å². The van der Waals surface area contributed by atoms with E-state index in [2.05, 4.69) is 28.5 Å². The van der Waals surface area contributed by atoms with Gasteiger partial charge < -0.3 is 4.90 Å². The molecule has 0 bridgehead atoms. The standard InChI is InChI=1S/C17H27F2N3/c1-3-20(4-2)5-6-21-7-9-22(10-8-21)14-15-11-16(18)13-17(19)12-15/h11-13H,3-10,14H2,1-2H3. The lowest BCUT2D eigenvalue weighted by Gasteiger charge is -2.35. The van der Waals surface area contributed by atoms with Crippen molar-refractivity contribution in [3.8, 4) is 0 Å². The maximum Gasteiger partial charge on any atom is 0.126 e. The largest absolute Gasteiger partial charge is 0.303 e. The highest BCUT2D eigenvalue weighted by atomic mass is 19.1. The molecule has 0 unspecified atom stereocenters. The minimum absolute atomic E-state index is 0.493. The lowest BCUT2D eigenvalue weighted by atomic mass is 10.2. The predicted molar refractivity (Wildman–Crippen MR) is 85.9 cm³/mol. The molecule has 1 saturated heterocycles. The van der Waals surface area contributed by atoms with E-state index in [1.54, 1.807) is 0 Å². The van der Waals surface area contributed by atoms with Gasteiger partial charge in [-0.3, -0.25) is 9.80 Å². The molecule has 0 saturated carbocycles. The molecule has 0 N–H and O–H groups in total. The molecule has 0 aromatic heterocycles. The van der Waals surface area contributed by atoms with Crippen molar-refractivity contribution in [1.82, 2.24) is 14.7 Å². The number of hydrogen-bond acceptors (Lipinski definition) is 3. The fraction of sp³-hybridized carbons (Fsp3) is 0.647. The lowest BCUT2D eigenvalue weighted by Crippen LogP contribution is -2.48. The zero-order chi connectivity index (χ0) is 15.9. The van der Waals surface area contributed by atoms with E-state index in [1.165, 1.54) is 12.1 Å². The number of halogens is 2. The Hall–Kier alpha value is -1.04. The predicted octanol–water partition coefficient (Wildman–Crippen LogP) is 2.42. The molecule has 0 amide bonds. The van der Waals surface area contributed by atoms with Crippen molar-refractivity contribution in [2.45, 2.75) is 20.4 Å². The maximum absolute atomic E-state index is 13.2. The fourth-order valence-electron chi connectivity index (χ4n) is 2.95. The normalized spacial score (nSPS) is 17.3. The van der Waals surface area contributed by atoms with Crippen LogP contribution in [0.1, 0.15) is 19.4 Å². The fourth-order valence-corrected chi connectivity index (χ4v) is 2.95. The number of benzene rings is 1. The summed E-state index contributed by atoms with van der Waals surface area (Å²) in [6, 6.07) is 3.78. The van der Waals surface area contributed by atoms with Gasteiger partial charge in [0, 0.05) is 51.9 Å². The summed E-state index contributed by atoms with van der Waals surface area (Å²) >= 11 is 0. The summed E-state index contributed by atoms with van der Waals surface area (Å²) in [6.07, 6.45) is 0.